The van der Waals surface area contributed by atoms with Crippen LogP contribution >= 0.6 is 12.4 Å². The fraction of sp³-hybridized carbons (Fsp3) is 0.750. The van der Waals surface area contributed by atoms with Gasteiger partial charge in [-0.3, -0.25) is 9.35 Å². The molecule has 12 heavy (non-hydrogen) atoms. The molecular weight excluding hydrogens is 210 g/mol. The lowest BCUT2D eigenvalue weighted by Crippen LogP contribution is -2.31. The van der Waals surface area contributed by atoms with Crippen LogP contribution < -0.4 is 5.73 Å². The molecule has 8 heteroatoms. The van der Waals surface area contributed by atoms with Crippen LogP contribution in [0.15, 0.2) is 0 Å². The summed E-state index contributed by atoms with van der Waals surface area (Å²) in [4.78, 5) is 10.1. The Morgan fingerprint density at radius 2 is 1.92 bits per heavy atom. The summed E-state index contributed by atoms with van der Waals surface area (Å²) < 4.78 is 28.9. The minimum Gasteiger partial charge on any atom is -0.480 e. The Balaban J connectivity index is 0. The number of carboxylic acids is 1. The molecule has 0 fully saturated rings. The number of hydrogen-bond donors (Lipinski definition) is 3. The molecule has 0 aliphatic rings. The second-order valence-electron chi connectivity index (χ2n) is 1.92. The van der Waals surface area contributed by atoms with Crippen molar-refractivity contribution in [1.82, 2.24) is 0 Å². The number of nitrogens with two attached hydrogens (primary N) is 1. The summed E-state index contributed by atoms with van der Waals surface area (Å²) in [6.45, 7) is -0.100. The van der Waals surface area contributed by atoms with Gasteiger partial charge in [0.05, 0.1) is 0 Å². The number of carboxylic acid groups (broad SMARTS) is 1. The van der Waals surface area contributed by atoms with Crippen molar-refractivity contribution in [3.63, 3.8) is 0 Å². The van der Waals surface area contributed by atoms with Gasteiger partial charge in [0, 0.05) is 0 Å². The lowest BCUT2D eigenvalue weighted by Gasteiger charge is -2.05. The second kappa shape index (κ2) is 5.31. The summed E-state index contributed by atoms with van der Waals surface area (Å²) in [7, 11) is -4.51. The van der Waals surface area contributed by atoms with Gasteiger partial charge in [-0.2, -0.15) is 8.42 Å². The monoisotopic (exact) mass is 219 g/mol. The van der Waals surface area contributed by atoms with Crippen LogP contribution in [0.3, 0.4) is 0 Å². The molecule has 0 amide bonds. The van der Waals surface area contributed by atoms with Crippen LogP contribution in [0.1, 0.15) is 6.42 Å². The Labute approximate surface area is 75.9 Å². The smallest absolute Gasteiger partial charge is 0.324 e. The van der Waals surface area contributed by atoms with Crippen LogP contribution in [-0.4, -0.2) is 35.8 Å². The molecule has 0 aliphatic carbocycles. The van der Waals surface area contributed by atoms with E-state index in [1.54, 1.807) is 0 Å². The highest BCUT2D eigenvalue weighted by molar-refractivity contribution is 7.87. The quantitative estimate of drug-likeness (QED) is 0.528. The maximum atomic E-state index is 10.3. The van der Waals surface area contributed by atoms with Crippen molar-refractivity contribution in [3.05, 3.63) is 0 Å². The molecule has 1 unspecified atom stereocenters. The molecule has 0 saturated heterocycles. The van der Waals surface area contributed by atoms with Gasteiger partial charge in [0.2, 0.25) is 0 Å². The zero-order valence-electron chi connectivity index (χ0n) is 6.00. The largest absolute Gasteiger partial charge is 0.480 e. The molecular formula is C4H10ClNO5S. The maximum absolute atomic E-state index is 10.3. The highest BCUT2D eigenvalue weighted by atomic mass is 35.5. The summed E-state index contributed by atoms with van der Waals surface area (Å²) in [5, 5.41) is 6.45. The lowest BCUT2D eigenvalue weighted by atomic mass is 10.3. The molecule has 0 aromatic heterocycles. The highest BCUT2D eigenvalue weighted by Gasteiger charge is 2.29. The van der Waals surface area contributed by atoms with Gasteiger partial charge in [-0.15, -0.1) is 12.4 Å². The van der Waals surface area contributed by atoms with Gasteiger partial charge in [0.15, 0.2) is 5.25 Å². The Morgan fingerprint density at radius 1 is 1.50 bits per heavy atom. The predicted octanol–water partition coefficient (Wildman–Crippen LogP) is -0.902. The third kappa shape index (κ3) is 4.50. The molecule has 0 saturated carbocycles. The third-order valence-electron chi connectivity index (χ3n) is 1.06. The van der Waals surface area contributed by atoms with Gasteiger partial charge in [-0.25, -0.2) is 0 Å². The summed E-state index contributed by atoms with van der Waals surface area (Å²) in [6.07, 6.45) is -0.284. The van der Waals surface area contributed by atoms with Gasteiger partial charge in [-0.1, -0.05) is 0 Å². The van der Waals surface area contributed by atoms with E-state index in [0.29, 0.717) is 0 Å². The van der Waals surface area contributed by atoms with Crippen molar-refractivity contribution in [3.8, 4) is 0 Å². The van der Waals surface area contributed by atoms with Crippen LogP contribution in [-0.2, 0) is 14.9 Å². The minimum absolute atomic E-state index is 0. The minimum atomic E-state index is -4.51. The van der Waals surface area contributed by atoms with Gasteiger partial charge in [0.1, 0.15) is 0 Å². The Bertz CT molecular complexity index is 238. The Kier molecular flexibility index (Phi) is 6.27. The first-order valence-electron chi connectivity index (χ1n) is 2.78. The van der Waals surface area contributed by atoms with Gasteiger partial charge in [-0.05, 0) is 13.0 Å². The van der Waals surface area contributed by atoms with Crippen LogP contribution in [0.4, 0.5) is 0 Å². The zero-order chi connectivity index (χ0) is 9.07. The summed E-state index contributed by atoms with van der Waals surface area (Å²) >= 11 is 0. The summed E-state index contributed by atoms with van der Waals surface area (Å²) in [5.74, 6) is -1.59. The highest BCUT2D eigenvalue weighted by Crippen LogP contribution is 2.02. The summed E-state index contributed by atoms with van der Waals surface area (Å²) in [6, 6.07) is 0. The van der Waals surface area contributed by atoms with E-state index in [1.165, 1.54) is 0 Å². The van der Waals surface area contributed by atoms with E-state index < -0.39 is 21.3 Å². The van der Waals surface area contributed by atoms with Gasteiger partial charge in [0.25, 0.3) is 10.1 Å². The SMILES string of the molecule is Cl.NCCC(C(=O)O)S(=O)(=O)O. The average Bonchev–Trinajstić information content (AvgIpc) is 1.79. The Morgan fingerprint density at radius 3 is 2.00 bits per heavy atom. The van der Waals surface area contributed by atoms with Crippen molar-refractivity contribution in [2.75, 3.05) is 6.54 Å². The van der Waals surface area contributed by atoms with E-state index in [-0.39, 0.29) is 25.4 Å². The van der Waals surface area contributed by atoms with Crippen molar-refractivity contribution in [2.45, 2.75) is 11.7 Å². The molecule has 0 aromatic rings. The van der Waals surface area contributed by atoms with Crippen molar-refractivity contribution >= 4 is 28.5 Å². The van der Waals surface area contributed by atoms with Crippen LogP contribution in [0.5, 0.6) is 0 Å². The number of halogens is 1. The molecule has 6 nitrogen and oxygen atoms in total. The second-order valence-corrected chi connectivity index (χ2v) is 3.52. The third-order valence-corrected chi connectivity index (χ3v) is 2.22. The van der Waals surface area contributed by atoms with E-state index in [4.69, 9.17) is 15.4 Å². The fourth-order valence-corrected chi connectivity index (χ4v) is 1.24. The molecule has 0 radical (unpaired) electrons. The maximum Gasteiger partial charge on any atom is 0.324 e. The topological polar surface area (TPSA) is 118 Å². The standard InChI is InChI=1S/C4H9NO5S.ClH/c5-2-1-3(4(6)7)11(8,9)10;/h3H,1-2,5H2,(H,6,7)(H,8,9,10);1H. The number of carbonyl (C=O) groups is 1. The number of hydrogen-bond acceptors (Lipinski definition) is 4. The predicted molar refractivity (Wildman–Crippen MR) is 43.9 cm³/mol. The zero-order valence-corrected chi connectivity index (χ0v) is 7.64. The first kappa shape index (κ1) is 14.2. The van der Waals surface area contributed by atoms with E-state index in [1.807, 2.05) is 0 Å². The fourth-order valence-electron chi connectivity index (χ4n) is 0.551. The van der Waals surface area contributed by atoms with Crippen LogP contribution in [0.25, 0.3) is 0 Å². The number of rotatable bonds is 4. The van der Waals surface area contributed by atoms with Crippen molar-refractivity contribution < 1.29 is 22.9 Å². The van der Waals surface area contributed by atoms with Crippen molar-refractivity contribution in [2.24, 2.45) is 5.73 Å². The molecule has 1 atom stereocenters. The molecule has 0 rings (SSSR count). The van der Waals surface area contributed by atoms with Crippen LogP contribution in [0.2, 0.25) is 0 Å². The first-order chi connectivity index (χ1) is 4.89. The molecule has 0 spiro atoms. The van der Waals surface area contributed by atoms with E-state index in [0.717, 1.165) is 0 Å². The first-order valence-corrected chi connectivity index (χ1v) is 4.29. The van der Waals surface area contributed by atoms with E-state index in [9.17, 15) is 13.2 Å². The summed E-state index contributed by atoms with van der Waals surface area (Å²) in [5.41, 5.74) is 4.92. The van der Waals surface area contributed by atoms with Crippen molar-refractivity contribution in [1.29, 1.82) is 0 Å². The number of aliphatic carboxylic acids is 1. The lowest BCUT2D eigenvalue weighted by molar-refractivity contribution is -0.136. The average molecular weight is 220 g/mol. The molecule has 0 bridgehead atoms. The van der Waals surface area contributed by atoms with Gasteiger partial charge >= 0.3 is 5.97 Å². The Hall–Kier alpha value is -0.370. The molecule has 74 valence electrons. The van der Waals surface area contributed by atoms with E-state index in [2.05, 4.69) is 0 Å². The molecule has 4 N–H and O–H groups in total. The normalized spacial score (nSPS) is 13.2. The van der Waals surface area contributed by atoms with Crippen LogP contribution in [0, 0.1) is 0 Å². The van der Waals surface area contributed by atoms with Gasteiger partial charge < -0.3 is 10.8 Å². The molecule has 0 heterocycles. The molecule has 0 aliphatic heterocycles. The van der Waals surface area contributed by atoms with E-state index >= 15 is 0 Å². The molecule has 0 aromatic carbocycles.